The van der Waals surface area contributed by atoms with Gasteiger partial charge in [0.1, 0.15) is 12.1 Å². The zero-order valence-electron chi connectivity index (χ0n) is 11.5. The number of esters is 1. The van der Waals surface area contributed by atoms with Gasteiger partial charge in [0, 0.05) is 8.04 Å². The Bertz CT molecular complexity index is 644. The van der Waals surface area contributed by atoms with E-state index in [9.17, 15) is 4.79 Å². The summed E-state index contributed by atoms with van der Waals surface area (Å²) >= 11 is 5.57. The van der Waals surface area contributed by atoms with Crippen molar-refractivity contribution in [2.24, 2.45) is 5.73 Å². The summed E-state index contributed by atoms with van der Waals surface area (Å²) < 4.78 is 7.22. The van der Waals surface area contributed by atoms with Crippen molar-refractivity contribution < 1.29 is 9.53 Å². The number of halogens is 2. The molecule has 0 aliphatic heterocycles. The number of nitrogens with two attached hydrogens (primary N) is 1. The minimum absolute atomic E-state index is 0.222. The molecule has 21 heavy (non-hydrogen) atoms. The molecule has 0 aliphatic carbocycles. The van der Waals surface area contributed by atoms with E-state index in [4.69, 9.17) is 10.5 Å². The van der Waals surface area contributed by atoms with E-state index in [1.165, 1.54) is 0 Å². The highest BCUT2D eigenvalue weighted by Gasteiger charge is 2.34. The third-order valence-corrected chi connectivity index (χ3v) is 4.51. The number of benzene rings is 2. The van der Waals surface area contributed by atoms with E-state index in [1.54, 1.807) is 6.92 Å². The van der Waals surface area contributed by atoms with Crippen LogP contribution in [0, 0.1) is 3.57 Å². The monoisotopic (exact) mass is 459 g/mol. The van der Waals surface area contributed by atoms with Crippen LogP contribution in [0.2, 0.25) is 0 Å². The first-order valence-corrected chi connectivity index (χ1v) is 8.24. The molecule has 0 fully saturated rings. The molecule has 1 unspecified atom stereocenters. The topological polar surface area (TPSA) is 52.3 Å². The molecule has 2 N–H and O–H groups in total. The number of hydrogen-bond donors (Lipinski definition) is 1. The second-order valence-corrected chi connectivity index (χ2v) is 6.97. The standard InChI is InChI=1S/C16H15BrINO2/c1-16(19,13-8-7-12(17)9-14(13)18)15(20)21-10-11-5-3-2-4-6-11/h2-9H,10,19H2,1H3. The fraction of sp³-hybridized carbons (Fsp3) is 0.188. The van der Waals surface area contributed by atoms with Gasteiger partial charge in [-0.1, -0.05) is 52.3 Å². The Morgan fingerprint density at radius 2 is 1.95 bits per heavy atom. The van der Waals surface area contributed by atoms with Crippen molar-refractivity contribution in [1.82, 2.24) is 0 Å². The van der Waals surface area contributed by atoms with Crippen LogP contribution in [0.4, 0.5) is 0 Å². The van der Waals surface area contributed by atoms with Crippen molar-refractivity contribution in [3.8, 4) is 0 Å². The van der Waals surface area contributed by atoms with Crippen LogP contribution in [0.5, 0.6) is 0 Å². The Balaban J connectivity index is 2.13. The molecular formula is C16H15BrINO2. The van der Waals surface area contributed by atoms with Gasteiger partial charge in [-0.25, -0.2) is 4.79 Å². The number of carbonyl (C=O) groups excluding carboxylic acids is 1. The van der Waals surface area contributed by atoms with Gasteiger partial charge in [-0.15, -0.1) is 0 Å². The summed E-state index contributed by atoms with van der Waals surface area (Å²) in [5, 5.41) is 0. The fourth-order valence-corrected chi connectivity index (χ4v) is 3.76. The van der Waals surface area contributed by atoms with E-state index in [2.05, 4.69) is 38.5 Å². The van der Waals surface area contributed by atoms with Gasteiger partial charge in [0.25, 0.3) is 0 Å². The molecule has 0 radical (unpaired) electrons. The highest BCUT2D eigenvalue weighted by atomic mass is 127. The molecule has 2 aromatic carbocycles. The molecule has 0 heterocycles. The van der Waals surface area contributed by atoms with Gasteiger partial charge in [-0.3, -0.25) is 0 Å². The molecule has 0 saturated carbocycles. The predicted octanol–water partition coefficient (Wildman–Crippen LogP) is 3.97. The van der Waals surface area contributed by atoms with Gasteiger partial charge in [0.05, 0.1) is 0 Å². The van der Waals surface area contributed by atoms with E-state index in [0.717, 1.165) is 19.2 Å². The van der Waals surface area contributed by atoms with Crippen molar-refractivity contribution in [3.05, 3.63) is 67.7 Å². The molecule has 2 aromatic rings. The zero-order valence-corrected chi connectivity index (χ0v) is 15.2. The number of carbonyl (C=O) groups is 1. The van der Waals surface area contributed by atoms with Crippen molar-refractivity contribution in [3.63, 3.8) is 0 Å². The largest absolute Gasteiger partial charge is 0.459 e. The van der Waals surface area contributed by atoms with E-state index in [1.807, 2.05) is 48.5 Å². The smallest absolute Gasteiger partial charge is 0.330 e. The Labute approximate surface area is 146 Å². The highest BCUT2D eigenvalue weighted by Crippen LogP contribution is 2.27. The predicted molar refractivity (Wildman–Crippen MR) is 94.6 cm³/mol. The second-order valence-electron chi connectivity index (χ2n) is 4.89. The molecule has 5 heteroatoms. The Morgan fingerprint density at radius 1 is 1.29 bits per heavy atom. The van der Waals surface area contributed by atoms with Crippen LogP contribution in [-0.2, 0) is 21.7 Å². The second kappa shape index (κ2) is 6.89. The summed E-state index contributed by atoms with van der Waals surface area (Å²) in [6, 6.07) is 15.2. The summed E-state index contributed by atoms with van der Waals surface area (Å²) in [6.45, 7) is 1.89. The minimum atomic E-state index is -1.17. The van der Waals surface area contributed by atoms with Crippen LogP contribution < -0.4 is 5.73 Å². The lowest BCUT2D eigenvalue weighted by Crippen LogP contribution is -2.43. The van der Waals surface area contributed by atoms with Crippen LogP contribution in [0.25, 0.3) is 0 Å². The maximum atomic E-state index is 12.3. The van der Waals surface area contributed by atoms with E-state index in [-0.39, 0.29) is 6.61 Å². The maximum absolute atomic E-state index is 12.3. The van der Waals surface area contributed by atoms with Crippen molar-refractivity contribution in [2.45, 2.75) is 19.1 Å². The Hall–Kier alpha value is -0.920. The maximum Gasteiger partial charge on any atom is 0.330 e. The van der Waals surface area contributed by atoms with Gasteiger partial charge >= 0.3 is 5.97 Å². The fourth-order valence-electron chi connectivity index (χ4n) is 1.89. The normalized spacial score (nSPS) is 13.5. The van der Waals surface area contributed by atoms with E-state index in [0.29, 0.717) is 0 Å². The van der Waals surface area contributed by atoms with Crippen LogP contribution in [0.15, 0.2) is 53.0 Å². The molecule has 2 rings (SSSR count). The lowest BCUT2D eigenvalue weighted by Gasteiger charge is -2.24. The molecule has 3 nitrogen and oxygen atoms in total. The molecular weight excluding hydrogens is 445 g/mol. The molecule has 0 saturated heterocycles. The average Bonchev–Trinajstić information content (AvgIpc) is 2.45. The summed E-state index contributed by atoms with van der Waals surface area (Å²) in [5.74, 6) is -0.438. The van der Waals surface area contributed by atoms with Crippen molar-refractivity contribution in [1.29, 1.82) is 0 Å². The van der Waals surface area contributed by atoms with Crippen LogP contribution in [0.3, 0.4) is 0 Å². The van der Waals surface area contributed by atoms with E-state index < -0.39 is 11.5 Å². The molecule has 0 spiro atoms. The lowest BCUT2D eigenvalue weighted by atomic mass is 9.93. The summed E-state index contributed by atoms with van der Waals surface area (Å²) in [6.07, 6.45) is 0. The first kappa shape index (κ1) is 16.5. The number of rotatable bonds is 4. The minimum Gasteiger partial charge on any atom is -0.459 e. The number of hydrogen-bond acceptors (Lipinski definition) is 3. The molecule has 110 valence electrons. The average molecular weight is 460 g/mol. The van der Waals surface area contributed by atoms with Gasteiger partial charge in [0.2, 0.25) is 0 Å². The van der Waals surface area contributed by atoms with Crippen LogP contribution in [0.1, 0.15) is 18.1 Å². The van der Waals surface area contributed by atoms with Gasteiger partial charge in [-0.2, -0.15) is 0 Å². The zero-order chi connectivity index (χ0) is 15.5. The lowest BCUT2D eigenvalue weighted by molar-refractivity contribution is -0.151. The molecule has 0 bridgehead atoms. The first-order valence-electron chi connectivity index (χ1n) is 6.37. The van der Waals surface area contributed by atoms with Gasteiger partial charge in [0.15, 0.2) is 0 Å². The van der Waals surface area contributed by atoms with Crippen molar-refractivity contribution in [2.75, 3.05) is 0 Å². The Kier molecular flexibility index (Phi) is 5.40. The van der Waals surface area contributed by atoms with Gasteiger partial charge in [-0.05, 0) is 52.8 Å². The first-order chi connectivity index (χ1) is 9.91. The summed E-state index contributed by atoms with van der Waals surface area (Å²) in [5.41, 5.74) is 6.72. The highest BCUT2D eigenvalue weighted by molar-refractivity contribution is 14.1. The summed E-state index contributed by atoms with van der Waals surface area (Å²) in [4.78, 5) is 12.3. The van der Waals surface area contributed by atoms with E-state index >= 15 is 0 Å². The Morgan fingerprint density at radius 3 is 2.57 bits per heavy atom. The molecule has 0 amide bonds. The molecule has 0 aromatic heterocycles. The molecule has 0 aliphatic rings. The van der Waals surface area contributed by atoms with Gasteiger partial charge < -0.3 is 10.5 Å². The summed E-state index contributed by atoms with van der Waals surface area (Å²) in [7, 11) is 0. The van der Waals surface area contributed by atoms with Crippen LogP contribution >= 0.6 is 38.5 Å². The number of ether oxygens (including phenoxy) is 1. The quantitative estimate of drug-likeness (QED) is 0.556. The third kappa shape index (κ3) is 4.05. The van der Waals surface area contributed by atoms with Crippen LogP contribution in [-0.4, -0.2) is 5.97 Å². The SMILES string of the molecule is CC(N)(C(=O)OCc1ccccc1)c1ccc(Br)cc1I. The third-order valence-electron chi connectivity index (χ3n) is 3.13. The van der Waals surface area contributed by atoms with Crippen molar-refractivity contribution >= 4 is 44.5 Å². The molecule has 1 atom stereocenters.